The molecule has 0 amide bonds. The van der Waals surface area contributed by atoms with E-state index in [1.807, 2.05) is 0 Å². The van der Waals surface area contributed by atoms with E-state index < -0.39 is 0 Å². The number of halogens is 1. The van der Waals surface area contributed by atoms with Crippen LogP contribution in [0.25, 0.3) is 0 Å². The minimum atomic E-state index is 0.635. The lowest BCUT2D eigenvalue weighted by molar-refractivity contribution is 0.0909. The van der Waals surface area contributed by atoms with Crippen LogP contribution in [0.15, 0.2) is 28.7 Å². The lowest BCUT2D eigenvalue weighted by Crippen LogP contribution is -2.39. The van der Waals surface area contributed by atoms with Crippen LogP contribution in [0, 0.1) is 5.41 Å². The smallest absolute Gasteiger partial charge is 0.0233 e. The summed E-state index contributed by atoms with van der Waals surface area (Å²) in [5.41, 5.74) is 2.06. The molecular formula is C16H24BrN. The van der Waals surface area contributed by atoms with Crippen molar-refractivity contribution in [2.45, 2.75) is 46.1 Å². The molecule has 0 N–H and O–H groups in total. The summed E-state index contributed by atoms with van der Waals surface area (Å²) in [4.78, 5) is 2.60. The maximum atomic E-state index is 3.49. The van der Waals surface area contributed by atoms with Crippen molar-refractivity contribution in [2.24, 2.45) is 5.41 Å². The Hall–Kier alpha value is -0.340. The highest BCUT2D eigenvalue weighted by atomic mass is 79.9. The molecule has 100 valence electrons. The van der Waals surface area contributed by atoms with Gasteiger partial charge in [-0.2, -0.15) is 0 Å². The largest absolute Gasteiger partial charge is 0.299 e. The first-order valence-electron chi connectivity index (χ1n) is 7.14. The number of likely N-dealkylation sites (tertiary alicyclic amines) is 1. The van der Waals surface area contributed by atoms with E-state index >= 15 is 0 Å². The zero-order chi connectivity index (χ0) is 13.0. The van der Waals surface area contributed by atoms with Gasteiger partial charge >= 0.3 is 0 Å². The second kappa shape index (κ2) is 6.21. The van der Waals surface area contributed by atoms with Crippen molar-refractivity contribution in [3.05, 3.63) is 34.3 Å². The van der Waals surface area contributed by atoms with Crippen molar-refractivity contribution < 1.29 is 0 Å². The van der Waals surface area contributed by atoms with E-state index in [9.17, 15) is 0 Å². The fourth-order valence-corrected chi connectivity index (χ4v) is 3.25. The van der Waals surface area contributed by atoms with Crippen molar-refractivity contribution in [1.82, 2.24) is 4.90 Å². The van der Waals surface area contributed by atoms with Gasteiger partial charge in [-0.3, -0.25) is 4.90 Å². The number of hydrogen-bond donors (Lipinski definition) is 0. The van der Waals surface area contributed by atoms with Crippen LogP contribution in [0.2, 0.25) is 0 Å². The Kier molecular flexibility index (Phi) is 4.85. The first-order chi connectivity index (χ1) is 8.67. The van der Waals surface area contributed by atoms with Crippen LogP contribution >= 0.6 is 15.9 Å². The minimum Gasteiger partial charge on any atom is -0.299 e. The zero-order valence-electron chi connectivity index (χ0n) is 11.6. The molecule has 0 aliphatic carbocycles. The molecule has 1 aromatic carbocycles. The molecule has 1 nitrogen and oxygen atoms in total. The third-order valence-electron chi connectivity index (χ3n) is 4.74. The zero-order valence-corrected chi connectivity index (χ0v) is 13.2. The average molecular weight is 310 g/mol. The average Bonchev–Trinajstić information content (AvgIpc) is 2.43. The maximum Gasteiger partial charge on any atom is 0.0233 e. The topological polar surface area (TPSA) is 3.24 Å². The molecule has 2 heteroatoms. The Bertz CT molecular complexity index is 357. The molecule has 1 aliphatic rings. The maximum absolute atomic E-state index is 3.49. The Balaban J connectivity index is 1.88. The van der Waals surface area contributed by atoms with Gasteiger partial charge in [-0.1, -0.05) is 54.8 Å². The summed E-state index contributed by atoms with van der Waals surface area (Å²) in [6.45, 7) is 8.34. The molecule has 1 saturated heterocycles. The Morgan fingerprint density at radius 3 is 2.11 bits per heavy atom. The van der Waals surface area contributed by atoms with Crippen molar-refractivity contribution in [2.75, 3.05) is 13.1 Å². The molecule has 0 spiro atoms. The predicted octanol–water partition coefficient (Wildman–Crippen LogP) is 4.85. The third kappa shape index (κ3) is 3.36. The summed E-state index contributed by atoms with van der Waals surface area (Å²) in [5, 5.41) is 0. The first-order valence-corrected chi connectivity index (χ1v) is 7.93. The standard InChI is InChI=1S/C16H24BrN/c1-3-16(4-2)9-11-18(12-10-16)13-14-5-7-15(17)8-6-14/h5-8H,3-4,9-13H2,1-2H3. The van der Waals surface area contributed by atoms with Crippen molar-refractivity contribution in [3.63, 3.8) is 0 Å². The summed E-state index contributed by atoms with van der Waals surface area (Å²) >= 11 is 3.49. The predicted molar refractivity (Wildman–Crippen MR) is 81.7 cm³/mol. The van der Waals surface area contributed by atoms with Crippen molar-refractivity contribution in [3.8, 4) is 0 Å². The number of hydrogen-bond acceptors (Lipinski definition) is 1. The van der Waals surface area contributed by atoms with Gasteiger partial charge in [0, 0.05) is 11.0 Å². The summed E-state index contributed by atoms with van der Waals surface area (Å²) in [7, 11) is 0. The molecule has 0 saturated carbocycles. The Morgan fingerprint density at radius 2 is 1.61 bits per heavy atom. The van der Waals surface area contributed by atoms with E-state index in [4.69, 9.17) is 0 Å². The van der Waals surface area contributed by atoms with E-state index in [1.165, 1.54) is 48.8 Å². The minimum absolute atomic E-state index is 0.635. The molecule has 1 heterocycles. The van der Waals surface area contributed by atoms with E-state index in [-0.39, 0.29) is 0 Å². The summed E-state index contributed by atoms with van der Waals surface area (Å²) < 4.78 is 1.17. The number of benzene rings is 1. The lowest BCUT2D eigenvalue weighted by Gasteiger charge is -2.41. The second-order valence-electron chi connectivity index (χ2n) is 5.61. The van der Waals surface area contributed by atoms with Gasteiger partial charge in [-0.05, 0) is 49.0 Å². The third-order valence-corrected chi connectivity index (χ3v) is 5.26. The van der Waals surface area contributed by atoms with Crippen LogP contribution in [-0.4, -0.2) is 18.0 Å². The summed E-state index contributed by atoms with van der Waals surface area (Å²) in [5.74, 6) is 0. The molecule has 0 radical (unpaired) electrons. The van der Waals surface area contributed by atoms with Gasteiger partial charge in [0.25, 0.3) is 0 Å². The van der Waals surface area contributed by atoms with Crippen LogP contribution in [0.3, 0.4) is 0 Å². The van der Waals surface area contributed by atoms with Gasteiger partial charge in [-0.15, -0.1) is 0 Å². The normalized spacial score (nSPS) is 19.9. The molecular weight excluding hydrogens is 286 g/mol. The molecule has 0 unspecified atom stereocenters. The monoisotopic (exact) mass is 309 g/mol. The molecule has 0 bridgehead atoms. The Labute approximate surface area is 120 Å². The highest BCUT2D eigenvalue weighted by Gasteiger charge is 2.30. The quantitative estimate of drug-likeness (QED) is 0.768. The van der Waals surface area contributed by atoms with Crippen LogP contribution in [0.5, 0.6) is 0 Å². The van der Waals surface area contributed by atoms with Gasteiger partial charge < -0.3 is 0 Å². The summed E-state index contributed by atoms with van der Waals surface area (Å²) in [6, 6.07) is 8.74. The van der Waals surface area contributed by atoms with E-state index in [2.05, 4.69) is 58.9 Å². The van der Waals surface area contributed by atoms with E-state index in [1.54, 1.807) is 0 Å². The highest BCUT2D eigenvalue weighted by Crippen LogP contribution is 2.38. The van der Waals surface area contributed by atoms with Gasteiger partial charge in [0.15, 0.2) is 0 Å². The number of nitrogens with zero attached hydrogens (tertiary/aromatic N) is 1. The molecule has 1 aliphatic heterocycles. The van der Waals surface area contributed by atoms with Crippen molar-refractivity contribution in [1.29, 1.82) is 0 Å². The van der Waals surface area contributed by atoms with Crippen molar-refractivity contribution >= 4 is 15.9 Å². The second-order valence-corrected chi connectivity index (χ2v) is 6.53. The molecule has 0 aromatic heterocycles. The van der Waals surface area contributed by atoms with Crippen LogP contribution in [-0.2, 0) is 6.54 Å². The van der Waals surface area contributed by atoms with Crippen LogP contribution in [0.1, 0.15) is 45.1 Å². The Morgan fingerprint density at radius 1 is 1.06 bits per heavy atom. The van der Waals surface area contributed by atoms with Gasteiger partial charge in [0.2, 0.25) is 0 Å². The molecule has 0 atom stereocenters. The van der Waals surface area contributed by atoms with Gasteiger partial charge in [0.1, 0.15) is 0 Å². The molecule has 18 heavy (non-hydrogen) atoms. The molecule has 1 aromatic rings. The number of rotatable bonds is 4. The molecule has 1 fully saturated rings. The first kappa shape index (κ1) is 14.1. The lowest BCUT2D eigenvalue weighted by atomic mass is 9.74. The SMILES string of the molecule is CCC1(CC)CCN(Cc2ccc(Br)cc2)CC1. The fraction of sp³-hybridized carbons (Fsp3) is 0.625. The molecule has 2 rings (SSSR count). The van der Waals surface area contributed by atoms with Gasteiger partial charge in [-0.25, -0.2) is 0 Å². The summed E-state index contributed by atoms with van der Waals surface area (Å²) in [6.07, 6.45) is 5.43. The van der Waals surface area contributed by atoms with Crippen LogP contribution < -0.4 is 0 Å². The van der Waals surface area contributed by atoms with Gasteiger partial charge in [0.05, 0.1) is 0 Å². The van der Waals surface area contributed by atoms with E-state index in [0.29, 0.717) is 5.41 Å². The van der Waals surface area contributed by atoms with Crippen LogP contribution in [0.4, 0.5) is 0 Å². The fourth-order valence-electron chi connectivity index (χ4n) is 2.99. The van der Waals surface area contributed by atoms with E-state index in [0.717, 1.165) is 6.54 Å². The highest BCUT2D eigenvalue weighted by molar-refractivity contribution is 9.10. The number of piperidine rings is 1.